The molecular formula is C20H26F3NO5. The van der Waals surface area contributed by atoms with Crippen LogP contribution in [0.3, 0.4) is 0 Å². The average Bonchev–Trinajstić information content (AvgIpc) is 2.63. The van der Waals surface area contributed by atoms with Crippen molar-refractivity contribution in [2.45, 2.75) is 57.8 Å². The average molecular weight is 417 g/mol. The van der Waals surface area contributed by atoms with Gasteiger partial charge in [-0.2, -0.15) is 13.2 Å². The van der Waals surface area contributed by atoms with E-state index >= 15 is 0 Å². The van der Waals surface area contributed by atoms with Gasteiger partial charge in [0.25, 0.3) is 0 Å². The van der Waals surface area contributed by atoms with Crippen molar-refractivity contribution in [3.63, 3.8) is 0 Å². The number of alkyl halides is 3. The molecule has 0 radical (unpaired) electrons. The molecule has 0 N–H and O–H groups in total. The van der Waals surface area contributed by atoms with Gasteiger partial charge in [-0.3, -0.25) is 4.79 Å². The van der Waals surface area contributed by atoms with Crippen LogP contribution < -0.4 is 0 Å². The zero-order chi connectivity index (χ0) is 21.7. The van der Waals surface area contributed by atoms with Crippen LogP contribution in [-0.4, -0.2) is 60.6 Å². The summed E-state index contributed by atoms with van der Waals surface area (Å²) >= 11 is 0. The van der Waals surface area contributed by atoms with E-state index in [0.717, 1.165) is 0 Å². The summed E-state index contributed by atoms with van der Waals surface area (Å²) in [7, 11) is 0. The van der Waals surface area contributed by atoms with Gasteiger partial charge in [-0.05, 0) is 33.6 Å². The van der Waals surface area contributed by atoms with Crippen LogP contribution in [0.15, 0.2) is 30.3 Å². The fraction of sp³-hybridized carbons (Fsp3) is 0.600. The molecular weight excluding hydrogens is 391 g/mol. The lowest BCUT2D eigenvalue weighted by Gasteiger charge is -2.34. The molecule has 0 aliphatic carbocycles. The van der Waals surface area contributed by atoms with Gasteiger partial charge in [0.05, 0.1) is 6.10 Å². The molecule has 29 heavy (non-hydrogen) atoms. The number of likely N-dealkylation sites (tertiary alicyclic amines) is 1. The smallest absolute Gasteiger partial charge is 0.411 e. The standard InChI is InChI=1S/C20H26F3NO5/c1-19(2,3)29-18(26)24-11-9-15(10-12-24)28-17(27-13-20(21,22)23)16(25)14-7-5-4-6-8-14/h4-8,15,17H,9-13H2,1-3H3. The molecule has 1 heterocycles. The lowest BCUT2D eigenvalue weighted by molar-refractivity contribution is -0.226. The van der Waals surface area contributed by atoms with E-state index in [1.54, 1.807) is 39.0 Å². The minimum Gasteiger partial charge on any atom is -0.444 e. The summed E-state index contributed by atoms with van der Waals surface area (Å²) in [6.07, 6.45) is -6.52. The van der Waals surface area contributed by atoms with Crippen molar-refractivity contribution in [2.24, 2.45) is 0 Å². The first kappa shape index (κ1) is 23.2. The Morgan fingerprint density at radius 1 is 1.10 bits per heavy atom. The largest absolute Gasteiger partial charge is 0.444 e. The van der Waals surface area contributed by atoms with Crippen molar-refractivity contribution in [3.8, 4) is 0 Å². The van der Waals surface area contributed by atoms with Crippen LogP contribution >= 0.6 is 0 Å². The summed E-state index contributed by atoms with van der Waals surface area (Å²) in [4.78, 5) is 26.2. The summed E-state index contributed by atoms with van der Waals surface area (Å²) in [5, 5.41) is 0. The molecule has 2 rings (SSSR count). The van der Waals surface area contributed by atoms with E-state index < -0.39 is 42.7 Å². The number of nitrogens with zero attached hydrogens (tertiary/aromatic N) is 1. The summed E-state index contributed by atoms with van der Waals surface area (Å²) < 4.78 is 53.4. The number of carbonyl (C=O) groups is 2. The van der Waals surface area contributed by atoms with E-state index in [-0.39, 0.29) is 5.56 Å². The predicted molar refractivity (Wildman–Crippen MR) is 98.5 cm³/mol. The van der Waals surface area contributed by atoms with Crippen LogP contribution in [0.25, 0.3) is 0 Å². The quantitative estimate of drug-likeness (QED) is 0.513. The number of piperidine rings is 1. The molecule has 162 valence electrons. The van der Waals surface area contributed by atoms with E-state index in [1.807, 2.05) is 0 Å². The Morgan fingerprint density at radius 3 is 2.21 bits per heavy atom. The van der Waals surface area contributed by atoms with E-state index in [9.17, 15) is 22.8 Å². The fourth-order valence-corrected chi connectivity index (χ4v) is 2.76. The van der Waals surface area contributed by atoms with Gasteiger partial charge in [0, 0.05) is 18.7 Å². The van der Waals surface area contributed by atoms with Gasteiger partial charge in [-0.25, -0.2) is 4.79 Å². The minimum absolute atomic E-state index is 0.200. The van der Waals surface area contributed by atoms with Gasteiger partial charge in [-0.1, -0.05) is 30.3 Å². The molecule has 0 spiro atoms. The van der Waals surface area contributed by atoms with E-state index in [0.29, 0.717) is 25.9 Å². The maximum atomic E-state index is 12.6. The topological polar surface area (TPSA) is 65.1 Å². The molecule has 1 aliphatic heterocycles. The fourth-order valence-electron chi connectivity index (χ4n) is 2.76. The van der Waals surface area contributed by atoms with E-state index in [1.165, 1.54) is 17.0 Å². The summed E-state index contributed by atoms with van der Waals surface area (Å²) in [6, 6.07) is 7.87. The third-order valence-corrected chi connectivity index (χ3v) is 4.08. The first-order valence-electron chi connectivity index (χ1n) is 9.35. The number of halogens is 3. The molecule has 1 amide bonds. The normalized spacial score (nSPS) is 17.1. The summed E-state index contributed by atoms with van der Waals surface area (Å²) in [5.41, 5.74) is -0.422. The van der Waals surface area contributed by atoms with Gasteiger partial charge in [0.2, 0.25) is 12.1 Å². The second-order valence-electron chi connectivity index (χ2n) is 7.79. The molecule has 1 fully saturated rings. The number of hydrogen-bond donors (Lipinski definition) is 0. The monoisotopic (exact) mass is 417 g/mol. The van der Waals surface area contributed by atoms with Crippen molar-refractivity contribution in [2.75, 3.05) is 19.7 Å². The zero-order valence-corrected chi connectivity index (χ0v) is 16.7. The Hall–Kier alpha value is -2.13. The van der Waals surface area contributed by atoms with Crippen LogP contribution in [0.2, 0.25) is 0 Å². The van der Waals surface area contributed by atoms with Crippen LogP contribution in [-0.2, 0) is 14.2 Å². The molecule has 0 bridgehead atoms. The highest BCUT2D eigenvalue weighted by molar-refractivity contribution is 5.98. The van der Waals surface area contributed by atoms with Crippen molar-refractivity contribution in [1.82, 2.24) is 4.90 Å². The molecule has 9 heteroatoms. The molecule has 1 aliphatic rings. The van der Waals surface area contributed by atoms with Crippen molar-refractivity contribution >= 4 is 11.9 Å². The predicted octanol–water partition coefficient (Wildman–Crippen LogP) is 4.19. The maximum Gasteiger partial charge on any atom is 0.411 e. The second-order valence-corrected chi connectivity index (χ2v) is 7.79. The number of ether oxygens (including phenoxy) is 3. The summed E-state index contributed by atoms with van der Waals surface area (Å²) in [6.45, 7) is 4.32. The number of carbonyl (C=O) groups excluding carboxylic acids is 2. The number of amides is 1. The molecule has 1 unspecified atom stereocenters. The highest BCUT2D eigenvalue weighted by Gasteiger charge is 2.35. The highest BCUT2D eigenvalue weighted by atomic mass is 19.4. The molecule has 1 aromatic carbocycles. The van der Waals surface area contributed by atoms with Crippen LogP contribution in [0.1, 0.15) is 44.0 Å². The highest BCUT2D eigenvalue weighted by Crippen LogP contribution is 2.22. The number of Topliss-reactive ketones (excluding diaryl/α,β-unsaturated/α-hetero) is 1. The molecule has 6 nitrogen and oxygen atoms in total. The van der Waals surface area contributed by atoms with Crippen LogP contribution in [0.4, 0.5) is 18.0 Å². The van der Waals surface area contributed by atoms with Crippen molar-refractivity contribution in [3.05, 3.63) is 35.9 Å². The molecule has 1 saturated heterocycles. The van der Waals surface area contributed by atoms with Gasteiger partial charge in [-0.15, -0.1) is 0 Å². The SMILES string of the molecule is CC(C)(C)OC(=O)N1CCC(OC(OCC(F)(F)F)C(=O)c2ccccc2)CC1. The number of hydrogen-bond acceptors (Lipinski definition) is 5. The maximum absolute atomic E-state index is 12.6. The Bertz CT molecular complexity index is 680. The van der Waals surface area contributed by atoms with Gasteiger partial charge < -0.3 is 19.1 Å². The first-order chi connectivity index (χ1) is 13.4. The Kier molecular flexibility index (Phi) is 7.65. The number of ketones is 1. The Labute approximate surface area is 167 Å². The van der Waals surface area contributed by atoms with Gasteiger partial charge in [0.15, 0.2) is 0 Å². The number of benzene rings is 1. The van der Waals surface area contributed by atoms with Crippen LogP contribution in [0.5, 0.6) is 0 Å². The first-order valence-corrected chi connectivity index (χ1v) is 9.35. The molecule has 1 atom stereocenters. The van der Waals surface area contributed by atoms with Gasteiger partial charge >= 0.3 is 12.3 Å². The second kappa shape index (κ2) is 9.58. The minimum atomic E-state index is -4.58. The third kappa shape index (κ3) is 8.02. The number of rotatable bonds is 6. The molecule has 0 aromatic heterocycles. The van der Waals surface area contributed by atoms with Crippen molar-refractivity contribution in [1.29, 1.82) is 0 Å². The van der Waals surface area contributed by atoms with Crippen LogP contribution in [0, 0.1) is 0 Å². The Morgan fingerprint density at radius 2 is 1.69 bits per heavy atom. The third-order valence-electron chi connectivity index (χ3n) is 4.08. The lowest BCUT2D eigenvalue weighted by atomic mass is 10.1. The van der Waals surface area contributed by atoms with Gasteiger partial charge in [0.1, 0.15) is 12.2 Å². The van der Waals surface area contributed by atoms with E-state index in [4.69, 9.17) is 14.2 Å². The zero-order valence-electron chi connectivity index (χ0n) is 16.7. The lowest BCUT2D eigenvalue weighted by Crippen LogP contribution is -2.45. The molecule has 0 saturated carbocycles. The summed E-state index contributed by atoms with van der Waals surface area (Å²) in [5.74, 6) is -0.676. The molecule has 1 aromatic rings. The van der Waals surface area contributed by atoms with E-state index in [2.05, 4.69) is 0 Å². The van der Waals surface area contributed by atoms with Crippen molar-refractivity contribution < 1.29 is 37.0 Å². The Balaban J connectivity index is 1.97.